The largest absolute Gasteiger partial charge is 0.352 e. The summed E-state index contributed by atoms with van der Waals surface area (Å²) in [5, 5.41) is 5.67. The second-order valence-electron chi connectivity index (χ2n) is 6.49. The molecule has 0 radical (unpaired) electrons. The molecule has 7 heteroatoms. The zero-order valence-corrected chi connectivity index (χ0v) is 16.4. The zero-order chi connectivity index (χ0) is 17.5. The highest BCUT2D eigenvalue weighted by Gasteiger charge is 2.22. The van der Waals surface area contributed by atoms with Crippen LogP contribution in [-0.4, -0.2) is 34.9 Å². The van der Waals surface area contributed by atoms with E-state index in [-0.39, 0.29) is 47.3 Å². The summed E-state index contributed by atoms with van der Waals surface area (Å²) >= 11 is 1.36. The molecule has 2 amide bonds. The van der Waals surface area contributed by atoms with Gasteiger partial charge in [0.25, 0.3) is 0 Å². The van der Waals surface area contributed by atoms with Crippen molar-refractivity contribution in [3.8, 4) is 0 Å². The fourth-order valence-corrected chi connectivity index (χ4v) is 3.39. The van der Waals surface area contributed by atoms with Crippen molar-refractivity contribution in [2.24, 2.45) is 5.73 Å². The molecule has 1 saturated carbocycles. The van der Waals surface area contributed by atoms with Gasteiger partial charge in [-0.05, 0) is 51.7 Å². The lowest BCUT2D eigenvalue weighted by Gasteiger charge is -2.27. The lowest BCUT2D eigenvalue weighted by atomic mass is 9.92. The number of anilines is 1. The Bertz CT molecular complexity index is 560. The van der Waals surface area contributed by atoms with Gasteiger partial charge in [-0.1, -0.05) is 17.7 Å². The second kappa shape index (κ2) is 10.7. The third kappa shape index (κ3) is 7.67. The topological polar surface area (TPSA) is 84.2 Å². The third-order valence-electron chi connectivity index (χ3n) is 4.29. The number of benzene rings is 1. The van der Waals surface area contributed by atoms with E-state index in [0.717, 1.165) is 36.9 Å². The maximum atomic E-state index is 12.2. The van der Waals surface area contributed by atoms with E-state index in [1.54, 1.807) is 0 Å². The maximum Gasteiger partial charge on any atom is 0.234 e. The fraction of sp³-hybridized carbons (Fsp3) is 0.556. The Labute approximate surface area is 160 Å². The number of halogens is 1. The standard InChI is InChI=1S/C18H27N3O2S.ClH/c1-12-3-7-15(8-4-12)20-17(22)11-24-13(2)18(23)21-16-9-5-14(19)6-10-16;/h3-4,7-8,13-14,16H,5-6,9-11,19H2,1-2H3,(H,20,22)(H,21,23);1H. The quantitative estimate of drug-likeness (QED) is 0.703. The average Bonchev–Trinajstić information content (AvgIpc) is 2.57. The van der Waals surface area contributed by atoms with Gasteiger partial charge in [-0.2, -0.15) is 0 Å². The van der Waals surface area contributed by atoms with Crippen LogP contribution in [0.3, 0.4) is 0 Å². The smallest absolute Gasteiger partial charge is 0.234 e. The average molecular weight is 386 g/mol. The first kappa shape index (κ1) is 21.8. The molecule has 1 aromatic rings. The summed E-state index contributed by atoms with van der Waals surface area (Å²) in [5.41, 5.74) is 7.81. The predicted octanol–water partition coefficient (Wildman–Crippen LogP) is 2.86. The normalized spacial score (nSPS) is 20.9. The lowest BCUT2D eigenvalue weighted by molar-refractivity contribution is -0.121. The first-order chi connectivity index (χ1) is 11.4. The van der Waals surface area contributed by atoms with Gasteiger partial charge in [-0.25, -0.2) is 0 Å². The first-order valence-electron chi connectivity index (χ1n) is 8.48. The highest BCUT2D eigenvalue weighted by atomic mass is 35.5. The Kier molecular flexibility index (Phi) is 9.32. The first-order valence-corrected chi connectivity index (χ1v) is 9.53. The Morgan fingerprint density at radius 2 is 1.80 bits per heavy atom. The van der Waals surface area contributed by atoms with Crippen molar-refractivity contribution < 1.29 is 9.59 Å². The van der Waals surface area contributed by atoms with Gasteiger partial charge in [0.15, 0.2) is 0 Å². The van der Waals surface area contributed by atoms with Gasteiger partial charge in [-0.15, -0.1) is 24.2 Å². The van der Waals surface area contributed by atoms with Gasteiger partial charge < -0.3 is 16.4 Å². The highest BCUT2D eigenvalue weighted by molar-refractivity contribution is 8.01. The molecule has 1 aliphatic rings. The van der Waals surface area contributed by atoms with E-state index >= 15 is 0 Å². The van der Waals surface area contributed by atoms with Crippen molar-refractivity contribution >= 4 is 41.7 Å². The maximum absolute atomic E-state index is 12.2. The van der Waals surface area contributed by atoms with Crippen LogP contribution in [-0.2, 0) is 9.59 Å². The number of nitrogens with two attached hydrogens (primary N) is 1. The van der Waals surface area contributed by atoms with Gasteiger partial charge in [0, 0.05) is 17.8 Å². The number of carbonyl (C=O) groups is 2. The van der Waals surface area contributed by atoms with Crippen molar-refractivity contribution in [3.63, 3.8) is 0 Å². The number of nitrogens with one attached hydrogen (secondary N) is 2. The SMILES string of the molecule is Cc1ccc(NC(=O)CSC(C)C(=O)NC2CCC(N)CC2)cc1.Cl. The van der Waals surface area contributed by atoms with Crippen molar-refractivity contribution in [2.75, 3.05) is 11.1 Å². The van der Waals surface area contributed by atoms with Crippen molar-refractivity contribution in [3.05, 3.63) is 29.8 Å². The molecule has 1 fully saturated rings. The van der Waals surface area contributed by atoms with Gasteiger partial charge in [-0.3, -0.25) is 9.59 Å². The number of hydrogen-bond donors (Lipinski definition) is 3. The molecule has 140 valence electrons. The predicted molar refractivity (Wildman–Crippen MR) is 107 cm³/mol. The van der Waals surface area contributed by atoms with Crippen LogP contribution in [0.2, 0.25) is 0 Å². The number of rotatable bonds is 6. The van der Waals surface area contributed by atoms with Crippen LogP contribution in [0.1, 0.15) is 38.2 Å². The van der Waals surface area contributed by atoms with Crippen LogP contribution in [0.4, 0.5) is 5.69 Å². The van der Waals surface area contributed by atoms with Crippen molar-refractivity contribution in [1.29, 1.82) is 0 Å². The third-order valence-corrected chi connectivity index (χ3v) is 5.43. The summed E-state index contributed by atoms with van der Waals surface area (Å²) in [4.78, 5) is 24.2. The Morgan fingerprint density at radius 3 is 2.40 bits per heavy atom. The highest BCUT2D eigenvalue weighted by Crippen LogP contribution is 2.18. The molecule has 25 heavy (non-hydrogen) atoms. The van der Waals surface area contributed by atoms with E-state index in [2.05, 4.69) is 10.6 Å². The van der Waals surface area contributed by atoms with E-state index in [1.807, 2.05) is 38.1 Å². The van der Waals surface area contributed by atoms with E-state index < -0.39 is 0 Å². The summed E-state index contributed by atoms with van der Waals surface area (Å²) in [6, 6.07) is 8.16. The van der Waals surface area contributed by atoms with E-state index in [1.165, 1.54) is 11.8 Å². The molecule has 1 aromatic carbocycles. The van der Waals surface area contributed by atoms with Crippen molar-refractivity contribution in [1.82, 2.24) is 5.32 Å². The van der Waals surface area contributed by atoms with Crippen LogP contribution >= 0.6 is 24.2 Å². The Morgan fingerprint density at radius 1 is 1.20 bits per heavy atom. The number of hydrogen-bond acceptors (Lipinski definition) is 4. The van der Waals surface area contributed by atoms with Gasteiger partial charge in [0.1, 0.15) is 0 Å². The van der Waals surface area contributed by atoms with Crippen LogP contribution in [0.15, 0.2) is 24.3 Å². The molecular formula is C18H28ClN3O2S. The molecule has 2 rings (SSSR count). The number of carbonyl (C=O) groups excluding carboxylic acids is 2. The summed E-state index contributed by atoms with van der Waals surface area (Å²) in [7, 11) is 0. The van der Waals surface area contributed by atoms with E-state index in [0.29, 0.717) is 0 Å². The van der Waals surface area contributed by atoms with Gasteiger partial charge in [0.05, 0.1) is 11.0 Å². The molecule has 0 saturated heterocycles. The molecule has 1 unspecified atom stereocenters. The summed E-state index contributed by atoms with van der Waals surface area (Å²) in [6.45, 7) is 3.84. The monoisotopic (exact) mass is 385 g/mol. The van der Waals surface area contributed by atoms with Gasteiger partial charge >= 0.3 is 0 Å². The van der Waals surface area contributed by atoms with E-state index in [9.17, 15) is 9.59 Å². The minimum absolute atomic E-state index is 0. The van der Waals surface area contributed by atoms with Crippen LogP contribution < -0.4 is 16.4 Å². The van der Waals surface area contributed by atoms with Crippen LogP contribution in [0, 0.1) is 6.92 Å². The Balaban J connectivity index is 0.00000312. The zero-order valence-electron chi connectivity index (χ0n) is 14.8. The number of thioether (sulfide) groups is 1. The van der Waals surface area contributed by atoms with E-state index in [4.69, 9.17) is 5.73 Å². The molecule has 0 aromatic heterocycles. The molecule has 1 aliphatic carbocycles. The number of aryl methyl sites for hydroxylation is 1. The minimum atomic E-state index is -0.246. The molecule has 0 aliphatic heterocycles. The molecule has 4 N–H and O–H groups in total. The summed E-state index contributed by atoms with van der Waals surface area (Å²) in [5.74, 6) is 0.175. The fourth-order valence-electron chi connectivity index (χ4n) is 2.69. The molecule has 5 nitrogen and oxygen atoms in total. The molecule has 1 atom stereocenters. The van der Waals surface area contributed by atoms with Crippen LogP contribution in [0.25, 0.3) is 0 Å². The molecule has 0 heterocycles. The minimum Gasteiger partial charge on any atom is -0.352 e. The summed E-state index contributed by atoms with van der Waals surface area (Å²) < 4.78 is 0. The number of amides is 2. The van der Waals surface area contributed by atoms with Gasteiger partial charge in [0.2, 0.25) is 11.8 Å². The Hall–Kier alpha value is -1.24. The lowest BCUT2D eigenvalue weighted by Crippen LogP contribution is -2.43. The molecule has 0 spiro atoms. The molecule has 0 bridgehead atoms. The second-order valence-corrected chi connectivity index (χ2v) is 7.82. The molecular weight excluding hydrogens is 358 g/mol. The van der Waals surface area contributed by atoms with Crippen molar-refractivity contribution in [2.45, 2.75) is 56.9 Å². The van der Waals surface area contributed by atoms with Crippen LogP contribution in [0.5, 0.6) is 0 Å². The summed E-state index contributed by atoms with van der Waals surface area (Å²) in [6.07, 6.45) is 3.81.